The van der Waals surface area contributed by atoms with E-state index >= 15 is 0 Å². The summed E-state index contributed by atoms with van der Waals surface area (Å²) < 4.78 is 1.97. The van der Waals surface area contributed by atoms with Gasteiger partial charge in [0.15, 0.2) is 0 Å². The molecule has 10 nitrogen and oxygen atoms in total. The third kappa shape index (κ3) is 4.13. The van der Waals surface area contributed by atoms with Gasteiger partial charge in [-0.05, 0) is 56.0 Å². The van der Waals surface area contributed by atoms with E-state index in [1.807, 2.05) is 10.7 Å². The normalized spacial score (nSPS) is 21.3. The zero-order chi connectivity index (χ0) is 22.9. The van der Waals surface area contributed by atoms with Crippen LogP contribution < -0.4 is 16.0 Å². The van der Waals surface area contributed by atoms with Gasteiger partial charge in [-0.3, -0.25) is 29.4 Å². The van der Waals surface area contributed by atoms with Crippen molar-refractivity contribution in [3.8, 4) is 0 Å². The highest BCUT2D eigenvalue weighted by molar-refractivity contribution is 6.23. The molecule has 0 spiro atoms. The van der Waals surface area contributed by atoms with Crippen LogP contribution in [0.1, 0.15) is 52.0 Å². The molecule has 1 aromatic carbocycles. The fourth-order valence-corrected chi connectivity index (χ4v) is 4.76. The van der Waals surface area contributed by atoms with Gasteiger partial charge in [0.25, 0.3) is 11.8 Å². The average molecular weight is 450 g/mol. The number of anilines is 1. The molecular formula is C23H26N6O4. The number of rotatable bonds is 6. The summed E-state index contributed by atoms with van der Waals surface area (Å²) in [6.07, 6.45) is 4.27. The molecule has 1 atom stereocenters. The molecule has 5 rings (SSSR count). The number of amides is 4. The van der Waals surface area contributed by atoms with Crippen molar-refractivity contribution in [2.75, 3.05) is 18.4 Å². The smallest absolute Gasteiger partial charge is 0.262 e. The molecule has 3 aliphatic rings. The first kappa shape index (κ1) is 21.3. The summed E-state index contributed by atoms with van der Waals surface area (Å²) in [5, 5.41) is 13.4. The van der Waals surface area contributed by atoms with Crippen molar-refractivity contribution in [2.45, 2.75) is 44.8 Å². The molecule has 172 valence electrons. The summed E-state index contributed by atoms with van der Waals surface area (Å²) in [5.41, 5.74) is 1.41. The van der Waals surface area contributed by atoms with Crippen LogP contribution in [-0.2, 0) is 22.7 Å². The van der Waals surface area contributed by atoms with Gasteiger partial charge in [-0.1, -0.05) is 6.07 Å². The number of aromatic nitrogens is 2. The van der Waals surface area contributed by atoms with E-state index in [2.05, 4.69) is 21.0 Å². The second kappa shape index (κ2) is 8.78. The number of fused-ring (bicyclic) bond motifs is 1. The quantitative estimate of drug-likeness (QED) is 0.558. The van der Waals surface area contributed by atoms with Crippen molar-refractivity contribution in [3.63, 3.8) is 0 Å². The monoisotopic (exact) mass is 450 g/mol. The third-order valence-electron chi connectivity index (χ3n) is 6.58. The lowest BCUT2D eigenvalue weighted by molar-refractivity contribution is -0.136. The SMILES string of the molecule is O=C1CCC(N2C(=O)c3ccc(CNc4ccnn4CC4CCNCC4)cc3C2=O)C(=O)N1. The van der Waals surface area contributed by atoms with Crippen LogP contribution in [0, 0.1) is 5.92 Å². The van der Waals surface area contributed by atoms with Gasteiger partial charge < -0.3 is 10.6 Å². The van der Waals surface area contributed by atoms with Crippen LogP contribution in [0.2, 0.25) is 0 Å². The van der Waals surface area contributed by atoms with Gasteiger partial charge in [-0.2, -0.15) is 5.10 Å². The fourth-order valence-electron chi connectivity index (χ4n) is 4.76. The zero-order valence-corrected chi connectivity index (χ0v) is 18.2. The van der Waals surface area contributed by atoms with Gasteiger partial charge in [-0.25, -0.2) is 4.68 Å². The van der Waals surface area contributed by atoms with E-state index in [4.69, 9.17) is 0 Å². The maximum atomic E-state index is 13.0. The molecule has 3 aliphatic heterocycles. The summed E-state index contributed by atoms with van der Waals surface area (Å²) >= 11 is 0. The van der Waals surface area contributed by atoms with Crippen molar-refractivity contribution in [3.05, 3.63) is 47.2 Å². The lowest BCUT2D eigenvalue weighted by atomic mass is 9.98. The van der Waals surface area contributed by atoms with Crippen molar-refractivity contribution in [1.82, 2.24) is 25.3 Å². The van der Waals surface area contributed by atoms with Gasteiger partial charge in [0, 0.05) is 25.6 Å². The molecule has 1 aromatic heterocycles. The van der Waals surface area contributed by atoms with E-state index in [9.17, 15) is 19.2 Å². The predicted octanol–water partition coefficient (Wildman–Crippen LogP) is 0.896. The topological polar surface area (TPSA) is 125 Å². The van der Waals surface area contributed by atoms with Crippen LogP contribution >= 0.6 is 0 Å². The van der Waals surface area contributed by atoms with Crippen LogP contribution in [0.3, 0.4) is 0 Å². The van der Waals surface area contributed by atoms with Gasteiger partial charge in [0.1, 0.15) is 11.9 Å². The van der Waals surface area contributed by atoms with E-state index in [1.54, 1.807) is 24.4 Å². The number of nitrogens with zero attached hydrogens (tertiary/aromatic N) is 3. The predicted molar refractivity (Wildman–Crippen MR) is 118 cm³/mol. The number of carbonyl (C=O) groups is 4. The molecule has 0 aliphatic carbocycles. The average Bonchev–Trinajstić information content (AvgIpc) is 3.35. The first-order valence-electron chi connectivity index (χ1n) is 11.3. The zero-order valence-electron chi connectivity index (χ0n) is 18.2. The highest BCUT2D eigenvalue weighted by atomic mass is 16.2. The summed E-state index contributed by atoms with van der Waals surface area (Å²) in [4.78, 5) is 50.4. The molecule has 2 saturated heterocycles. The highest BCUT2D eigenvalue weighted by Gasteiger charge is 2.44. The largest absolute Gasteiger partial charge is 0.366 e. The maximum Gasteiger partial charge on any atom is 0.262 e. The summed E-state index contributed by atoms with van der Waals surface area (Å²) in [5.74, 6) is -0.494. The van der Waals surface area contributed by atoms with Crippen molar-refractivity contribution in [2.24, 2.45) is 5.92 Å². The first-order chi connectivity index (χ1) is 16.0. The minimum absolute atomic E-state index is 0.101. The van der Waals surface area contributed by atoms with Gasteiger partial charge >= 0.3 is 0 Å². The van der Waals surface area contributed by atoms with Crippen molar-refractivity contribution < 1.29 is 19.2 Å². The van der Waals surface area contributed by atoms with E-state index in [0.717, 1.165) is 48.8 Å². The standard InChI is InChI=1S/C23H26N6O4/c30-20-4-3-18(21(31)27-20)29-22(32)16-2-1-15(11-17(16)23(29)33)12-25-19-7-10-26-28(19)13-14-5-8-24-9-6-14/h1-2,7,10-11,14,18,24-25H,3-6,8-9,12-13H2,(H,27,30,31). The van der Waals surface area contributed by atoms with Crippen LogP contribution in [0.4, 0.5) is 5.82 Å². The minimum atomic E-state index is -0.957. The van der Waals surface area contributed by atoms with Gasteiger partial charge in [0.05, 0.1) is 17.3 Å². The van der Waals surface area contributed by atoms with Crippen molar-refractivity contribution >= 4 is 29.4 Å². The number of piperidine rings is 2. The number of hydrogen-bond acceptors (Lipinski definition) is 7. The summed E-state index contributed by atoms with van der Waals surface area (Å²) in [7, 11) is 0. The van der Waals surface area contributed by atoms with Crippen LogP contribution in [0.15, 0.2) is 30.5 Å². The molecule has 0 bridgehead atoms. The molecule has 33 heavy (non-hydrogen) atoms. The minimum Gasteiger partial charge on any atom is -0.366 e. The van der Waals surface area contributed by atoms with Gasteiger partial charge in [0.2, 0.25) is 11.8 Å². The number of nitrogens with one attached hydrogen (secondary N) is 3. The molecule has 2 fully saturated rings. The molecule has 10 heteroatoms. The molecule has 1 unspecified atom stereocenters. The Hall–Kier alpha value is -3.53. The van der Waals surface area contributed by atoms with Crippen LogP contribution in [0.25, 0.3) is 0 Å². The molecule has 0 saturated carbocycles. The Balaban J connectivity index is 1.27. The summed E-state index contributed by atoms with van der Waals surface area (Å²) in [6, 6.07) is 6.10. The lowest BCUT2D eigenvalue weighted by Crippen LogP contribution is -2.54. The number of hydrogen-bond donors (Lipinski definition) is 3. The van der Waals surface area contributed by atoms with Crippen molar-refractivity contribution in [1.29, 1.82) is 0 Å². The van der Waals surface area contributed by atoms with E-state index in [0.29, 0.717) is 12.5 Å². The Morgan fingerprint density at radius 2 is 1.79 bits per heavy atom. The van der Waals surface area contributed by atoms with Crippen LogP contribution in [0.5, 0.6) is 0 Å². The molecule has 4 heterocycles. The Bertz CT molecular complexity index is 1120. The number of carbonyl (C=O) groups excluding carboxylic acids is 4. The molecule has 0 radical (unpaired) electrons. The van der Waals surface area contributed by atoms with E-state index in [-0.39, 0.29) is 29.9 Å². The second-order valence-corrected chi connectivity index (χ2v) is 8.77. The van der Waals surface area contributed by atoms with E-state index < -0.39 is 23.8 Å². The first-order valence-corrected chi connectivity index (χ1v) is 11.3. The van der Waals surface area contributed by atoms with E-state index in [1.165, 1.54) is 0 Å². The molecular weight excluding hydrogens is 424 g/mol. The molecule has 2 aromatic rings. The Labute approximate surface area is 190 Å². The molecule has 3 N–H and O–H groups in total. The Kier molecular flexibility index (Phi) is 5.67. The molecule has 4 amide bonds. The second-order valence-electron chi connectivity index (χ2n) is 8.77. The number of imide groups is 2. The van der Waals surface area contributed by atoms with Crippen LogP contribution in [-0.4, -0.2) is 57.4 Å². The highest BCUT2D eigenvalue weighted by Crippen LogP contribution is 2.28. The number of benzene rings is 1. The summed E-state index contributed by atoms with van der Waals surface area (Å²) in [6.45, 7) is 3.39. The third-order valence-corrected chi connectivity index (χ3v) is 6.58. The van der Waals surface area contributed by atoms with Gasteiger partial charge in [-0.15, -0.1) is 0 Å². The Morgan fingerprint density at radius 3 is 2.58 bits per heavy atom. The lowest BCUT2D eigenvalue weighted by Gasteiger charge is -2.27. The maximum absolute atomic E-state index is 13.0. The fraction of sp³-hybridized carbons (Fsp3) is 0.435. The Morgan fingerprint density at radius 1 is 1.00 bits per heavy atom.